The number of nitrogens with zero attached hydrogens (tertiary/aromatic N) is 2. The lowest BCUT2D eigenvalue weighted by molar-refractivity contribution is -0.212. The van der Waals surface area contributed by atoms with Crippen LogP contribution in [0.25, 0.3) is 11.3 Å². The molecule has 0 unspecified atom stereocenters. The molecule has 0 aliphatic rings. The van der Waals surface area contributed by atoms with Crippen LogP contribution in [0.3, 0.4) is 0 Å². The van der Waals surface area contributed by atoms with Gasteiger partial charge >= 0.3 is 11.8 Å². The molecule has 0 atom stereocenters. The first-order valence-electron chi connectivity index (χ1n) is 5.27. The van der Waals surface area contributed by atoms with E-state index in [2.05, 4.69) is 43.0 Å². The lowest BCUT2D eigenvalue weighted by Crippen LogP contribution is -2.17. The highest BCUT2D eigenvalue weighted by Crippen LogP contribution is 2.45. The molecule has 2 aromatic rings. The van der Waals surface area contributed by atoms with E-state index in [4.69, 9.17) is 0 Å². The van der Waals surface area contributed by atoms with Crippen LogP contribution in [0.2, 0.25) is 0 Å². The maximum Gasteiger partial charge on any atom is 0.504 e. The zero-order chi connectivity index (χ0) is 16.7. The highest BCUT2D eigenvalue weighted by molar-refractivity contribution is 9.11. The molecule has 0 amide bonds. The van der Waals surface area contributed by atoms with E-state index in [0.717, 1.165) is 6.07 Å². The number of hydrogen-bond acceptors (Lipinski definition) is 2. The van der Waals surface area contributed by atoms with Crippen molar-refractivity contribution in [3.8, 4) is 11.3 Å². The third-order valence-corrected chi connectivity index (χ3v) is 4.13. The van der Waals surface area contributed by atoms with Crippen LogP contribution in [-0.2, 0) is 6.30 Å². The molecule has 119 valence electrons. The number of benzene rings is 1. The van der Waals surface area contributed by atoms with Gasteiger partial charge in [0.2, 0.25) is 0 Å². The quantitative estimate of drug-likeness (QED) is 0.399. The molecule has 0 saturated heterocycles. The van der Waals surface area contributed by atoms with Gasteiger partial charge in [-0.05, 0) is 23.9 Å². The number of hydrogen-bond donors (Lipinski definition) is 0. The van der Waals surface area contributed by atoms with Crippen LogP contribution in [-0.4, -0.2) is 15.3 Å². The summed E-state index contributed by atoms with van der Waals surface area (Å²) in [5, 5.41) is 3.24. The standard InChI is InChI=1S/C11H3Br2F6N2S/c12-5-3-6(13)9(8(4-5)22-11(17,18)19)7-1-2-21(20-7)10(14,15)16/h2-4H. The molecule has 0 fully saturated rings. The van der Waals surface area contributed by atoms with Crippen LogP contribution in [0.1, 0.15) is 0 Å². The lowest BCUT2D eigenvalue weighted by Gasteiger charge is -2.12. The van der Waals surface area contributed by atoms with Crippen molar-refractivity contribution in [2.24, 2.45) is 0 Å². The number of aromatic nitrogens is 2. The first-order valence-corrected chi connectivity index (χ1v) is 7.67. The SMILES string of the molecule is FC(F)(F)Sc1cc(Br)cc(Br)c1-c1[c]cn(C(F)(F)F)n1. The highest BCUT2D eigenvalue weighted by Gasteiger charge is 2.34. The Morgan fingerprint density at radius 2 is 1.73 bits per heavy atom. The van der Waals surface area contributed by atoms with Crippen molar-refractivity contribution in [2.75, 3.05) is 0 Å². The normalized spacial score (nSPS) is 12.7. The third-order valence-electron chi connectivity index (χ3n) is 2.27. The summed E-state index contributed by atoms with van der Waals surface area (Å²) in [6, 6.07) is 4.79. The van der Waals surface area contributed by atoms with Gasteiger partial charge in [0.05, 0.1) is 0 Å². The fourth-order valence-electron chi connectivity index (χ4n) is 1.52. The molecule has 2 nitrogen and oxygen atoms in total. The predicted octanol–water partition coefficient (Wildman–Crippen LogP) is 5.96. The minimum absolute atomic E-state index is 0.117. The second-order valence-electron chi connectivity index (χ2n) is 3.84. The average Bonchev–Trinajstić information content (AvgIpc) is 2.74. The zero-order valence-corrected chi connectivity index (χ0v) is 14.0. The Morgan fingerprint density at radius 1 is 1.09 bits per heavy atom. The van der Waals surface area contributed by atoms with Gasteiger partial charge in [-0.1, -0.05) is 31.9 Å². The maximum atomic E-state index is 12.6. The van der Waals surface area contributed by atoms with Crippen LogP contribution in [0.5, 0.6) is 0 Å². The summed E-state index contributed by atoms with van der Waals surface area (Å²) in [6.07, 6.45) is -4.25. The molecule has 11 heteroatoms. The Kier molecular flexibility index (Phi) is 4.88. The number of thioether (sulfide) groups is 1. The predicted molar refractivity (Wildman–Crippen MR) is 75.1 cm³/mol. The summed E-state index contributed by atoms with van der Waals surface area (Å²) in [4.78, 5) is -0.294. The molecule has 22 heavy (non-hydrogen) atoms. The molecule has 1 heterocycles. The van der Waals surface area contributed by atoms with E-state index in [1.807, 2.05) is 0 Å². The van der Waals surface area contributed by atoms with Crippen molar-refractivity contribution in [1.29, 1.82) is 0 Å². The van der Waals surface area contributed by atoms with Crippen LogP contribution in [0, 0.1) is 6.07 Å². The largest absolute Gasteiger partial charge is 0.504 e. The Balaban J connectivity index is 2.56. The van der Waals surface area contributed by atoms with Crippen molar-refractivity contribution < 1.29 is 26.3 Å². The van der Waals surface area contributed by atoms with Gasteiger partial charge in [0.25, 0.3) is 0 Å². The first kappa shape index (κ1) is 17.7. The molecule has 2 rings (SSSR count). The van der Waals surface area contributed by atoms with Gasteiger partial charge in [-0.15, -0.1) is 13.2 Å². The van der Waals surface area contributed by atoms with E-state index >= 15 is 0 Å². The van der Waals surface area contributed by atoms with Crippen molar-refractivity contribution in [3.63, 3.8) is 0 Å². The van der Waals surface area contributed by atoms with Gasteiger partial charge in [0, 0.05) is 31.7 Å². The molecule has 0 spiro atoms. The number of halogens is 8. The summed E-state index contributed by atoms with van der Waals surface area (Å²) in [5.41, 5.74) is -5.06. The molecule has 0 bridgehead atoms. The van der Waals surface area contributed by atoms with Crippen LogP contribution < -0.4 is 0 Å². The fraction of sp³-hybridized carbons (Fsp3) is 0.182. The fourth-order valence-corrected chi connectivity index (χ4v) is 3.96. The average molecular weight is 469 g/mol. The Labute approximate surface area is 141 Å². The maximum absolute atomic E-state index is 12.6. The lowest BCUT2D eigenvalue weighted by atomic mass is 10.1. The van der Waals surface area contributed by atoms with Gasteiger partial charge in [-0.2, -0.15) is 23.0 Å². The topological polar surface area (TPSA) is 17.8 Å². The van der Waals surface area contributed by atoms with E-state index < -0.39 is 23.6 Å². The van der Waals surface area contributed by atoms with Crippen molar-refractivity contribution in [1.82, 2.24) is 9.78 Å². The summed E-state index contributed by atoms with van der Waals surface area (Å²) in [7, 11) is 0. The van der Waals surface area contributed by atoms with E-state index in [1.165, 1.54) is 6.07 Å². The van der Waals surface area contributed by atoms with Gasteiger partial charge in [-0.25, -0.2) is 0 Å². The molecule has 0 N–H and O–H groups in total. The Morgan fingerprint density at radius 3 is 2.23 bits per heavy atom. The second kappa shape index (κ2) is 6.08. The van der Waals surface area contributed by atoms with E-state index in [0.29, 0.717) is 10.7 Å². The molecule has 1 radical (unpaired) electrons. The molecular weight excluding hydrogens is 466 g/mol. The molecule has 0 aliphatic heterocycles. The third kappa shape index (κ3) is 4.19. The minimum atomic E-state index is -4.77. The minimum Gasteiger partial charge on any atom is -0.178 e. The van der Waals surface area contributed by atoms with Crippen LogP contribution in [0.4, 0.5) is 26.3 Å². The van der Waals surface area contributed by atoms with Gasteiger partial charge < -0.3 is 0 Å². The first-order chi connectivity index (χ1) is 9.97. The van der Waals surface area contributed by atoms with Crippen molar-refractivity contribution in [2.45, 2.75) is 16.7 Å². The molecule has 1 aromatic heterocycles. The number of rotatable bonds is 2. The van der Waals surface area contributed by atoms with Gasteiger partial charge in [-0.3, -0.25) is 0 Å². The van der Waals surface area contributed by atoms with Crippen molar-refractivity contribution >= 4 is 43.6 Å². The molecular formula is C11H3Br2F6N2S. The zero-order valence-electron chi connectivity index (χ0n) is 10.1. The second-order valence-corrected chi connectivity index (χ2v) is 6.72. The van der Waals surface area contributed by atoms with Crippen molar-refractivity contribution in [3.05, 3.63) is 33.3 Å². The summed E-state index contributed by atoms with van der Waals surface area (Å²) >= 11 is 5.64. The monoisotopic (exact) mass is 467 g/mol. The van der Waals surface area contributed by atoms with E-state index in [1.54, 1.807) is 0 Å². The molecule has 1 aromatic carbocycles. The van der Waals surface area contributed by atoms with Crippen LogP contribution >= 0.6 is 43.6 Å². The number of alkyl halides is 6. The summed E-state index contributed by atoms with van der Waals surface area (Å²) in [5.74, 6) is 0. The Hall–Kier alpha value is -0.680. The smallest absolute Gasteiger partial charge is 0.178 e. The van der Waals surface area contributed by atoms with Gasteiger partial charge in [0.1, 0.15) is 5.69 Å². The molecule has 0 aliphatic carbocycles. The highest BCUT2D eigenvalue weighted by atomic mass is 79.9. The Bertz CT molecular complexity index is 695. The molecule has 0 saturated carbocycles. The summed E-state index contributed by atoms with van der Waals surface area (Å²) < 4.78 is 75.6. The van der Waals surface area contributed by atoms with Gasteiger partial charge in [0.15, 0.2) is 0 Å². The van der Waals surface area contributed by atoms with Crippen LogP contribution in [0.15, 0.2) is 32.2 Å². The van der Waals surface area contributed by atoms with E-state index in [9.17, 15) is 26.3 Å². The summed E-state index contributed by atoms with van der Waals surface area (Å²) in [6.45, 7) is 0. The van der Waals surface area contributed by atoms with E-state index in [-0.39, 0.29) is 25.3 Å².